The van der Waals surface area contributed by atoms with Crippen LogP contribution in [0.5, 0.6) is 0 Å². The lowest BCUT2D eigenvalue weighted by Crippen LogP contribution is -2.40. The zero-order valence-corrected chi connectivity index (χ0v) is 12.8. The molecule has 1 aliphatic rings. The predicted octanol–water partition coefficient (Wildman–Crippen LogP) is 1.95. The van der Waals surface area contributed by atoms with Crippen LogP contribution in [-0.2, 0) is 11.3 Å². The molecule has 0 radical (unpaired) electrons. The normalized spacial score (nSPS) is 18.4. The molecule has 1 saturated heterocycles. The fourth-order valence-corrected chi connectivity index (χ4v) is 2.72. The molecule has 1 atom stereocenters. The van der Waals surface area contributed by atoms with Crippen LogP contribution < -0.4 is 10.6 Å². The Morgan fingerprint density at radius 1 is 1.41 bits per heavy atom. The summed E-state index contributed by atoms with van der Waals surface area (Å²) >= 11 is 0. The Labute approximate surface area is 130 Å². The highest BCUT2D eigenvalue weighted by Crippen LogP contribution is 2.21. The van der Waals surface area contributed by atoms with Gasteiger partial charge in [0.1, 0.15) is 5.82 Å². The molecular formula is C16H21N5O. The van der Waals surface area contributed by atoms with E-state index in [-0.39, 0.29) is 6.10 Å². The van der Waals surface area contributed by atoms with E-state index in [4.69, 9.17) is 10.5 Å². The number of anilines is 2. The standard InChI is InChI=1S/C16H21N5O/c1-12-8-15(20-16(17)19-12)21-7-3-5-14(10-21)22-11-13-4-2-6-18-9-13/h2,4,6,8-9,14H,3,5,7,10-11H2,1H3,(H2,17,19,20)/t14-/m1/s1. The molecule has 2 aromatic heterocycles. The van der Waals surface area contributed by atoms with Crippen LogP contribution in [0, 0.1) is 6.92 Å². The van der Waals surface area contributed by atoms with Crippen molar-refractivity contribution < 1.29 is 4.74 Å². The number of piperidine rings is 1. The minimum atomic E-state index is 0.199. The summed E-state index contributed by atoms with van der Waals surface area (Å²) in [5.74, 6) is 1.22. The molecular weight excluding hydrogens is 278 g/mol. The Morgan fingerprint density at radius 3 is 3.09 bits per heavy atom. The molecule has 0 bridgehead atoms. The molecule has 3 heterocycles. The number of pyridine rings is 1. The van der Waals surface area contributed by atoms with Crippen LogP contribution in [-0.4, -0.2) is 34.1 Å². The van der Waals surface area contributed by atoms with Gasteiger partial charge in [-0.25, -0.2) is 4.98 Å². The van der Waals surface area contributed by atoms with Crippen molar-refractivity contribution >= 4 is 11.8 Å². The minimum absolute atomic E-state index is 0.199. The lowest BCUT2D eigenvalue weighted by Gasteiger charge is -2.33. The number of nitrogens with two attached hydrogens (primary N) is 1. The second kappa shape index (κ2) is 6.70. The van der Waals surface area contributed by atoms with Crippen molar-refractivity contribution in [2.45, 2.75) is 32.5 Å². The molecule has 3 rings (SSSR count). The second-order valence-corrected chi connectivity index (χ2v) is 5.61. The summed E-state index contributed by atoms with van der Waals surface area (Å²) in [6.45, 7) is 4.33. The quantitative estimate of drug-likeness (QED) is 0.929. The highest BCUT2D eigenvalue weighted by molar-refractivity contribution is 5.43. The predicted molar refractivity (Wildman–Crippen MR) is 85.4 cm³/mol. The Hall–Kier alpha value is -2.21. The molecule has 0 aromatic carbocycles. The number of aryl methyl sites for hydroxylation is 1. The van der Waals surface area contributed by atoms with Gasteiger partial charge in [0.15, 0.2) is 0 Å². The van der Waals surface area contributed by atoms with Crippen LogP contribution in [0.15, 0.2) is 30.6 Å². The average molecular weight is 299 g/mol. The third kappa shape index (κ3) is 3.71. The molecule has 0 saturated carbocycles. The Balaban J connectivity index is 1.61. The maximum atomic E-state index is 6.02. The SMILES string of the molecule is Cc1cc(N2CCC[C@@H](OCc3cccnc3)C2)nc(N)n1. The van der Waals surface area contributed by atoms with Crippen molar-refractivity contribution in [2.24, 2.45) is 0 Å². The largest absolute Gasteiger partial charge is 0.372 e. The van der Waals surface area contributed by atoms with Gasteiger partial charge in [-0.2, -0.15) is 4.98 Å². The first kappa shape index (κ1) is 14.7. The number of ether oxygens (including phenoxy) is 1. The van der Waals surface area contributed by atoms with E-state index < -0.39 is 0 Å². The fraction of sp³-hybridized carbons (Fsp3) is 0.438. The van der Waals surface area contributed by atoms with Gasteiger partial charge in [0, 0.05) is 37.2 Å². The van der Waals surface area contributed by atoms with Gasteiger partial charge in [-0.1, -0.05) is 6.07 Å². The van der Waals surface area contributed by atoms with Gasteiger partial charge < -0.3 is 15.4 Å². The summed E-state index contributed by atoms with van der Waals surface area (Å²) in [6.07, 6.45) is 5.96. The molecule has 6 heteroatoms. The summed E-state index contributed by atoms with van der Waals surface area (Å²) < 4.78 is 6.02. The number of nitrogen functional groups attached to an aromatic ring is 1. The zero-order valence-electron chi connectivity index (χ0n) is 12.8. The van der Waals surface area contributed by atoms with Gasteiger partial charge >= 0.3 is 0 Å². The van der Waals surface area contributed by atoms with Gasteiger partial charge in [0.25, 0.3) is 0 Å². The lowest BCUT2D eigenvalue weighted by atomic mass is 10.1. The van der Waals surface area contributed by atoms with E-state index in [1.807, 2.05) is 31.3 Å². The second-order valence-electron chi connectivity index (χ2n) is 5.61. The van der Waals surface area contributed by atoms with Crippen molar-refractivity contribution in [1.29, 1.82) is 0 Å². The van der Waals surface area contributed by atoms with Crippen molar-refractivity contribution in [3.8, 4) is 0 Å². The molecule has 0 aliphatic carbocycles. The number of aromatic nitrogens is 3. The van der Waals surface area contributed by atoms with Crippen molar-refractivity contribution in [2.75, 3.05) is 23.7 Å². The smallest absolute Gasteiger partial charge is 0.222 e. The maximum Gasteiger partial charge on any atom is 0.222 e. The van der Waals surface area contributed by atoms with E-state index in [2.05, 4.69) is 19.9 Å². The molecule has 116 valence electrons. The molecule has 1 fully saturated rings. The topological polar surface area (TPSA) is 77.2 Å². The van der Waals surface area contributed by atoms with E-state index >= 15 is 0 Å². The van der Waals surface area contributed by atoms with E-state index in [0.717, 1.165) is 43.0 Å². The summed E-state index contributed by atoms with van der Waals surface area (Å²) in [4.78, 5) is 14.8. The van der Waals surface area contributed by atoms with E-state index in [0.29, 0.717) is 12.6 Å². The van der Waals surface area contributed by atoms with Crippen molar-refractivity contribution in [3.63, 3.8) is 0 Å². The number of hydrogen-bond acceptors (Lipinski definition) is 6. The van der Waals surface area contributed by atoms with Crippen LogP contribution in [0.4, 0.5) is 11.8 Å². The summed E-state index contributed by atoms with van der Waals surface area (Å²) in [5, 5.41) is 0. The first-order chi connectivity index (χ1) is 10.7. The summed E-state index contributed by atoms with van der Waals surface area (Å²) in [6, 6.07) is 5.93. The molecule has 22 heavy (non-hydrogen) atoms. The van der Waals surface area contributed by atoms with Gasteiger partial charge in [-0.05, 0) is 31.4 Å². The molecule has 2 aromatic rings. The number of rotatable bonds is 4. The van der Waals surface area contributed by atoms with E-state index in [1.165, 1.54) is 0 Å². The minimum Gasteiger partial charge on any atom is -0.372 e. The molecule has 1 aliphatic heterocycles. The average Bonchev–Trinajstić information content (AvgIpc) is 2.53. The fourth-order valence-electron chi connectivity index (χ4n) is 2.72. The highest BCUT2D eigenvalue weighted by Gasteiger charge is 2.22. The van der Waals surface area contributed by atoms with Gasteiger partial charge in [0.2, 0.25) is 5.95 Å². The summed E-state index contributed by atoms with van der Waals surface area (Å²) in [5.41, 5.74) is 7.74. The summed E-state index contributed by atoms with van der Waals surface area (Å²) in [7, 11) is 0. The third-order valence-corrected chi connectivity index (χ3v) is 3.77. The Kier molecular flexibility index (Phi) is 4.48. The molecule has 0 spiro atoms. The molecule has 0 amide bonds. The highest BCUT2D eigenvalue weighted by atomic mass is 16.5. The Morgan fingerprint density at radius 2 is 2.32 bits per heavy atom. The number of nitrogens with zero attached hydrogens (tertiary/aromatic N) is 4. The van der Waals surface area contributed by atoms with Crippen LogP contribution >= 0.6 is 0 Å². The van der Waals surface area contributed by atoms with Crippen LogP contribution in [0.2, 0.25) is 0 Å². The van der Waals surface area contributed by atoms with E-state index in [1.54, 1.807) is 6.20 Å². The zero-order chi connectivity index (χ0) is 15.4. The molecule has 2 N–H and O–H groups in total. The van der Waals surface area contributed by atoms with Crippen molar-refractivity contribution in [3.05, 3.63) is 41.9 Å². The Bertz CT molecular complexity index is 599. The maximum absolute atomic E-state index is 6.02. The van der Waals surface area contributed by atoms with E-state index in [9.17, 15) is 0 Å². The lowest BCUT2D eigenvalue weighted by molar-refractivity contribution is 0.0313. The van der Waals surface area contributed by atoms with Crippen LogP contribution in [0.3, 0.4) is 0 Å². The number of hydrogen-bond donors (Lipinski definition) is 1. The van der Waals surface area contributed by atoms with Gasteiger partial charge in [-0.15, -0.1) is 0 Å². The first-order valence-corrected chi connectivity index (χ1v) is 7.57. The van der Waals surface area contributed by atoms with Crippen LogP contribution in [0.1, 0.15) is 24.1 Å². The monoisotopic (exact) mass is 299 g/mol. The first-order valence-electron chi connectivity index (χ1n) is 7.57. The van der Waals surface area contributed by atoms with Gasteiger partial charge in [-0.3, -0.25) is 4.98 Å². The molecule has 0 unspecified atom stereocenters. The van der Waals surface area contributed by atoms with Crippen LogP contribution in [0.25, 0.3) is 0 Å². The molecule has 6 nitrogen and oxygen atoms in total. The third-order valence-electron chi connectivity index (χ3n) is 3.77. The van der Waals surface area contributed by atoms with Gasteiger partial charge in [0.05, 0.1) is 12.7 Å². The van der Waals surface area contributed by atoms with Crippen molar-refractivity contribution in [1.82, 2.24) is 15.0 Å².